The fraction of sp³-hybridized carbons (Fsp3) is 0.375. The number of fused-ring (bicyclic) bond motifs is 1. The third kappa shape index (κ3) is 3.01. The second-order valence-electron chi connectivity index (χ2n) is 6.66. The van der Waals surface area contributed by atoms with Gasteiger partial charge in [0.05, 0.1) is 5.69 Å². The van der Waals surface area contributed by atoms with Gasteiger partial charge < -0.3 is 5.84 Å². The summed E-state index contributed by atoms with van der Waals surface area (Å²) in [6, 6.07) is 7.15. The van der Waals surface area contributed by atoms with Crippen molar-refractivity contribution in [1.29, 1.82) is 0 Å². The molecule has 3 rings (SSSR count). The molecule has 0 unspecified atom stereocenters. The van der Waals surface area contributed by atoms with E-state index in [0.717, 1.165) is 5.69 Å². The minimum atomic E-state index is -0.182. The van der Waals surface area contributed by atoms with Crippen LogP contribution in [0.2, 0.25) is 0 Å². The summed E-state index contributed by atoms with van der Waals surface area (Å²) in [5.41, 5.74) is 1.93. The van der Waals surface area contributed by atoms with Crippen LogP contribution in [-0.4, -0.2) is 24.3 Å². The summed E-state index contributed by atoms with van der Waals surface area (Å²) in [4.78, 5) is 16.8. The Kier molecular flexibility index (Phi) is 4.08. The summed E-state index contributed by atoms with van der Waals surface area (Å²) in [5.74, 6) is 7.29. The summed E-state index contributed by atoms with van der Waals surface area (Å²) >= 11 is 1.41. The number of rotatable bonds is 3. The molecule has 0 fully saturated rings. The maximum atomic E-state index is 12.3. The number of nitrogen functional groups attached to an aromatic ring is 1. The molecule has 0 aromatic carbocycles. The van der Waals surface area contributed by atoms with Crippen LogP contribution < -0.4 is 11.4 Å². The summed E-state index contributed by atoms with van der Waals surface area (Å²) in [6.07, 6.45) is 0. The highest BCUT2D eigenvalue weighted by molar-refractivity contribution is 7.98. The van der Waals surface area contributed by atoms with Gasteiger partial charge in [-0.15, -0.1) is 10.2 Å². The highest BCUT2D eigenvalue weighted by Gasteiger charge is 2.23. The highest BCUT2D eigenvalue weighted by Crippen LogP contribution is 2.24. The van der Waals surface area contributed by atoms with Crippen LogP contribution in [-0.2, 0) is 11.2 Å². The maximum Gasteiger partial charge on any atom is 0.258 e. The number of aromatic nitrogens is 5. The van der Waals surface area contributed by atoms with Gasteiger partial charge in [-0.3, -0.25) is 9.20 Å². The number of pyridine rings is 1. The number of hydrogen-bond acceptors (Lipinski definition) is 6. The number of thioether (sulfide) groups is 1. The van der Waals surface area contributed by atoms with Crippen LogP contribution in [0.25, 0.3) is 5.65 Å². The third-order valence-corrected chi connectivity index (χ3v) is 4.59. The smallest absolute Gasteiger partial charge is 0.258 e. The first-order valence-electron chi connectivity index (χ1n) is 7.59. The Bertz CT molecular complexity index is 953. The predicted molar refractivity (Wildman–Crippen MR) is 94.6 cm³/mol. The maximum absolute atomic E-state index is 12.3. The van der Waals surface area contributed by atoms with Crippen molar-refractivity contribution in [3.8, 4) is 0 Å². The van der Waals surface area contributed by atoms with Crippen molar-refractivity contribution in [2.24, 2.45) is 0 Å². The Morgan fingerprint density at radius 1 is 1.25 bits per heavy atom. The lowest BCUT2D eigenvalue weighted by Crippen LogP contribution is -2.24. The SMILES string of the molecule is Cc1cccc2nc(CSc3nnc(C(C)(C)C)n3N)cc(=O)n12. The van der Waals surface area contributed by atoms with Gasteiger partial charge in [0.15, 0.2) is 5.82 Å². The Morgan fingerprint density at radius 2 is 2.00 bits per heavy atom. The molecule has 8 heteroatoms. The summed E-state index contributed by atoms with van der Waals surface area (Å²) in [6.45, 7) is 7.98. The van der Waals surface area contributed by atoms with Crippen molar-refractivity contribution in [2.45, 2.75) is 44.0 Å². The largest absolute Gasteiger partial charge is 0.336 e. The molecule has 24 heavy (non-hydrogen) atoms. The fourth-order valence-electron chi connectivity index (χ4n) is 2.46. The lowest BCUT2D eigenvalue weighted by Gasteiger charge is -2.16. The monoisotopic (exact) mass is 344 g/mol. The molecule has 0 atom stereocenters. The van der Waals surface area contributed by atoms with E-state index >= 15 is 0 Å². The fourth-order valence-corrected chi connectivity index (χ4v) is 3.21. The van der Waals surface area contributed by atoms with Gasteiger partial charge in [0, 0.05) is 22.9 Å². The summed E-state index contributed by atoms with van der Waals surface area (Å²) in [7, 11) is 0. The van der Waals surface area contributed by atoms with Gasteiger partial charge in [-0.2, -0.15) is 0 Å². The molecule has 0 saturated carbocycles. The molecule has 126 valence electrons. The zero-order chi connectivity index (χ0) is 17.5. The van der Waals surface area contributed by atoms with Crippen LogP contribution in [0.1, 0.15) is 38.0 Å². The van der Waals surface area contributed by atoms with Gasteiger partial charge in [-0.1, -0.05) is 38.6 Å². The Hall–Kier alpha value is -2.35. The van der Waals surface area contributed by atoms with Crippen molar-refractivity contribution in [1.82, 2.24) is 24.3 Å². The van der Waals surface area contributed by atoms with Crippen LogP contribution in [0.4, 0.5) is 0 Å². The molecule has 0 aliphatic rings. The molecular weight excluding hydrogens is 324 g/mol. The van der Waals surface area contributed by atoms with Crippen LogP contribution in [0.15, 0.2) is 34.2 Å². The molecule has 0 spiro atoms. The predicted octanol–water partition coefficient (Wildman–Crippen LogP) is 1.90. The molecule has 0 bridgehead atoms. The third-order valence-electron chi connectivity index (χ3n) is 3.62. The van der Waals surface area contributed by atoms with Gasteiger partial charge in [0.2, 0.25) is 5.16 Å². The van der Waals surface area contributed by atoms with E-state index in [4.69, 9.17) is 5.84 Å². The first-order valence-corrected chi connectivity index (χ1v) is 8.58. The Labute approximate surface area is 143 Å². The molecule has 0 aliphatic carbocycles. The van der Waals surface area contributed by atoms with Crippen LogP contribution >= 0.6 is 11.8 Å². The molecule has 3 aromatic rings. The molecule has 0 amide bonds. The quantitative estimate of drug-likeness (QED) is 0.576. The molecule has 0 saturated heterocycles. The molecule has 2 N–H and O–H groups in total. The number of nitrogens with zero attached hydrogens (tertiary/aromatic N) is 5. The van der Waals surface area contributed by atoms with E-state index in [9.17, 15) is 4.79 Å². The number of hydrogen-bond donors (Lipinski definition) is 1. The number of nitrogens with two attached hydrogens (primary N) is 1. The van der Waals surface area contributed by atoms with Gasteiger partial charge in [-0.25, -0.2) is 9.66 Å². The second-order valence-corrected chi connectivity index (χ2v) is 7.60. The van der Waals surface area contributed by atoms with Gasteiger partial charge in [-0.05, 0) is 19.1 Å². The topological polar surface area (TPSA) is 91.1 Å². The Morgan fingerprint density at radius 3 is 2.67 bits per heavy atom. The lowest BCUT2D eigenvalue weighted by atomic mass is 9.96. The molecule has 3 heterocycles. The zero-order valence-corrected chi connectivity index (χ0v) is 15.0. The first kappa shape index (κ1) is 16.5. The minimum absolute atomic E-state index is 0.0849. The first-order chi connectivity index (χ1) is 11.3. The van der Waals surface area contributed by atoms with E-state index in [1.165, 1.54) is 16.4 Å². The standard InChI is InChI=1S/C16H20N6OS/c1-10-6-5-7-12-18-11(8-13(23)21(10)12)9-24-15-20-19-14(22(15)17)16(2,3)4/h5-8H,9,17H2,1-4H3. The van der Waals surface area contributed by atoms with Crippen molar-refractivity contribution in [2.75, 3.05) is 5.84 Å². The lowest BCUT2D eigenvalue weighted by molar-refractivity contribution is 0.523. The molecule has 3 aromatic heterocycles. The number of aryl methyl sites for hydroxylation is 1. The highest BCUT2D eigenvalue weighted by atomic mass is 32.2. The van der Waals surface area contributed by atoms with Crippen LogP contribution in [0.3, 0.4) is 0 Å². The van der Waals surface area contributed by atoms with Crippen molar-refractivity contribution in [3.05, 3.63) is 51.8 Å². The molecule has 0 aliphatic heterocycles. The minimum Gasteiger partial charge on any atom is -0.336 e. The normalized spacial score (nSPS) is 12.0. The molecule has 0 radical (unpaired) electrons. The van der Waals surface area contributed by atoms with Crippen molar-refractivity contribution < 1.29 is 0 Å². The van der Waals surface area contributed by atoms with Gasteiger partial charge >= 0.3 is 0 Å². The van der Waals surface area contributed by atoms with Crippen molar-refractivity contribution >= 4 is 17.4 Å². The average molecular weight is 344 g/mol. The van der Waals surface area contributed by atoms with E-state index in [0.29, 0.717) is 28.1 Å². The Balaban J connectivity index is 1.87. The zero-order valence-electron chi connectivity index (χ0n) is 14.1. The van der Waals surface area contributed by atoms with Crippen LogP contribution in [0.5, 0.6) is 0 Å². The molecule has 7 nitrogen and oxygen atoms in total. The van der Waals surface area contributed by atoms with E-state index in [1.54, 1.807) is 10.5 Å². The summed E-state index contributed by atoms with van der Waals surface area (Å²) in [5, 5.41) is 8.90. The van der Waals surface area contributed by atoms with Gasteiger partial charge in [0.25, 0.3) is 5.56 Å². The van der Waals surface area contributed by atoms with Gasteiger partial charge in [0.1, 0.15) is 5.65 Å². The van der Waals surface area contributed by atoms with Crippen LogP contribution in [0, 0.1) is 6.92 Å². The van der Waals surface area contributed by atoms with E-state index in [-0.39, 0.29) is 11.0 Å². The average Bonchev–Trinajstić information content (AvgIpc) is 2.86. The van der Waals surface area contributed by atoms with E-state index in [2.05, 4.69) is 15.2 Å². The van der Waals surface area contributed by atoms with E-state index < -0.39 is 0 Å². The molecular formula is C16H20N6OS. The summed E-state index contributed by atoms with van der Waals surface area (Å²) < 4.78 is 3.10. The second kappa shape index (κ2) is 5.94. The van der Waals surface area contributed by atoms with E-state index in [1.807, 2.05) is 45.9 Å². The van der Waals surface area contributed by atoms with Crippen molar-refractivity contribution in [3.63, 3.8) is 0 Å².